The molecule has 9 nitrogen and oxygen atoms in total. The van der Waals surface area contributed by atoms with E-state index in [4.69, 9.17) is 14.2 Å². The number of carbonyl (C=O) groups excluding carboxylic acids is 1. The zero-order chi connectivity index (χ0) is 18.6. The molecule has 10 heteroatoms. The van der Waals surface area contributed by atoms with Gasteiger partial charge in [0.2, 0.25) is 10.0 Å². The Morgan fingerprint density at radius 3 is 2.54 bits per heavy atom. The van der Waals surface area contributed by atoms with Gasteiger partial charge in [0.05, 0.1) is 12.0 Å². The molecule has 2 aliphatic heterocycles. The van der Waals surface area contributed by atoms with E-state index >= 15 is 0 Å². The maximum absolute atomic E-state index is 12.4. The first-order valence-corrected chi connectivity index (χ1v) is 9.92. The topological polar surface area (TPSA) is 97.4 Å². The second-order valence-electron chi connectivity index (χ2n) is 6.00. The third-order valence-corrected chi connectivity index (χ3v) is 5.81. The Morgan fingerprint density at radius 1 is 1.15 bits per heavy atom. The molecule has 1 aromatic rings. The van der Waals surface area contributed by atoms with Gasteiger partial charge >= 0.3 is 6.09 Å². The molecule has 3 rings (SSSR count). The molecule has 26 heavy (non-hydrogen) atoms. The molecule has 0 radical (unpaired) electrons. The van der Waals surface area contributed by atoms with Gasteiger partial charge in [-0.25, -0.2) is 17.9 Å². The molecule has 0 aliphatic carbocycles. The van der Waals surface area contributed by atoms with Gasteiger partial charge in [0.1, 0.15) is 13.2 Å². The molecule has 1 fully saturated rings. The Kier molecular flexibility index (Phi) is 5.84. The van der Waals surface area contributed by atoms with Crippen molar-refractivity contribution in [3.05, 3.63) is 18.2 Å². The summed E-state index contributed by atoms with van der Waals surface area (Å²) in [5, 5.41) is 0. The van der Waals surface area contributed by atoms with Gasteiger partial charge in [0.15, 0.2) is 11.5 Å². The van der Waals surface area contributed by atoms with Crippen molar-refractivity contribution in [2.75, 3.05) is 59.6 Å². The van der Waals surface area contributed by atoms with Crippen LogP contribution < -0.4 is 14.2 Å². The summed E-state index contributed by atoms with van der Waals surface area (Å²) in [6, 6.07) is 4.59. The highest BCUT2D eigenvalue weighted by molar-refractivity contribution is 7.89. The number of hydrogen-bond acceptors (Lipinski definition) is 7. The molecule has 2 aliphatic rings. The lowest BCUT2D eigenvalue weighted by Gasteiger charge is -2.33. The molecule has 0 aromatic heterocycles. The minimum atomic E-state index is -3.62. The van der Waals surface area contributed by atoms with Crippen LogP contribution in [-0.4, -0.2) is 83.9 Å². The van der Waals surface area contributed by atoms with Crippen LogP contribution in [0, 0.1) is 0 Å². The van der Waals surface area contributed by atoms with Crippen LogP contribution in [0.2, 0.25) is 0 Å². The SMILES string of the molecule is COC(=O)N1CCN(CCNS(=O)(=O)c2ccc3c(c2)OCCO3)CC1. The standard InChI is InChI=1S/C16H23N3O6S/c1-23-16(20)19-8-6-18(7-9-19)5-4-17-26(21,22)13-2-3-14-15(12-13)25-11-10-24-14/h2-3,12,17H,4-11H2,1H3. The fraction of sp³-hybridized carbons (Fsp3) is 0.562. The first kappa shape index (κ1) is 18.7. The van der Waals surface area contributed by atoms with E-state index in [0.29, 0.717) is 57.4 Å². The first-order valence-electron chi connectivity index (χ1n) is 8.44. The molecule has 1 saturated heterocycles. The highest BCUT2D eigenvalue weighted by Gasteiger charge is 2.22. The summed E-state index contributed by atoms with van der Waals surface area (Å²) in [7, 11) is -2.26. The van der Waals surface area contributed by atoms with Crippen LogP contribution in [0.5, 0.6) is 11.5 Å². The maximum atomic E-state index is 12.4. The van der Waals surface area contributed by atoms with Crippen LogP contribution in [0.4, 0.5) is 4.79 Å². The Morgan fingerprint density at radius 2 is 1.85 bits per heavy atom. The predicted octanol–water partition coefficient (Wildman–Crippen LogP) is 0.120. The van der Waals surface area contributed by atoms with E-state index < -0.39 is 10.0 Å². The molecular formula is C16H23N3O6S. The number of nitrogens with zero attached hydrogens (tertiary/aromatic N) is 2. The average molecular weight is 385 g/mol. The van der Waals surface area contributed by atoms with Gasteiger partial charge in [-0.05, 0) is 12.1 Å². The van der Waals surface area contributed by atoms with E-state index in [2.05, 4.69) is 9.62 Å². The number of piperazine rings is 1. The number of rotatable bonds is 5. The second kappa shape index (κ2) is 8.11. The number of hydrogen-bond donors (Lipinski definition) is 1. The first-order chi connectivity index (χ1) is 12.5. The Hall–Kier alpha value is -2.04. The number of sulfonamides is 1. The van der Waals surface area contributed by atoms with Crippen LogP contribution in [0.25, 0.3) is 0 Å². The summed E-state index contributed by atoms with van der Waals surface area (Å²) in [4.78, 5) is 15.3. The number of ether oxygens (including phenoxy) is 3. The van der Waals surface area contributed by atoms with Crippen LogP contribution >= 0.6 is 0 Å². The Bertz CT molecular complexity index is 746. The van der Waals surface area contributed by atoms with Crippen molar-refractivity contribution in [3.8, 4) is 11.5 Å². The second-order valence-corrected chi connectivity index (χ2v) is 7.77. The van der Waals surface area contributed by atoms with Crippen molar-refractivity contribution >= 4 is 16.1 Å². The molecule has 0 saturated carbocycles. The Balaban J connectivity index is 1.49. The van der Waals surface area contributed by atoms with Gasteiger partial charge in [-0.3, -0.25) is 4.90 Å². The van der Waals surface area contributed by atoms with Crippen LogP contribution in [0.1, 0.15) is 0 Å². The van der Waals surface area contributed by atoms with Gasteiger partial charge in [0.25, 0.3) is 0 Å². The van der Waals surface area contributed by atoms with Crippen LogP contribution in [0.15, 0.2) is 23.1 Å². The molecule has 0 atom stereocenters. The summed E-state index contributed by atoms with van der Waals surface area (Å²) < 4.78 is 43.0. The van der Waals surface area contributed by atoms with E-state index in [0.717, 1.165) is 0 Å². The fourth-order valence-electron chi connectivity index (χ4n) is 2.90. The lowest BCUT2D eigenvalue weighted by Crippen LogP contribution is -2.50. The summed E-state index contributed by atoms with van der Waals surface area (Å²) in [5.74, 6) is 0.997. The fourth-order valence-corrected chi connectivity index (χ4v) is 3.93. The molecule has 1 amide bonds. The summed E-state index contributed by atoms with van der Waals surface area (Å²) >= 11 is 0. The smallest absolute Gasteiger partial charge is 0.409 e. The summed E-state index contributed by atoms with van der Waals surface area (Å²) in [6.45, 7) is 4.22. The van der Waals surface area contributed by atoms with Gasteiger partial charge in [-0.1, -0.05) is 0 Å². The van der Waals surface area contributed by atoms with Crippen molar-refractivity contribution in [1.29, 1.82) is 0 Å². The van der Waals surface area contributed by atoms with Crippen molar-refractivity contribution in [1.82, 2.24) is 14.5 Å². The van der Waals surface area contributed by atoms with Gasteiger partial charge in [-0.2, -0.15) is 0 Å². The third kappa shape index (κ3) is 4.37. The molecule has 0 bridgehead atoms. The maximum Gasteiger partial charge on any atom is 0.409 e. The van der Waals surface area contributed by atoms with E-state index in [9.17, 15) is 13.2 Å². The van der Waals surface area contributed by atoms with Gasteiger partial charge in [0, 0.05) is 45.3 Å². The predicted molar refractivity (Wildman–Crippen MR) is 93.0 cm³/mol. The van der Waals surface area contributed by atoms with Crippen molar-refractivity contribution in [2.24, 2.45) is 0 Å². The highest BCUT2D eigenvalue weighted by Crippen LogP contribution is 2.32. The normalized spacial score (nSPS) is 17.8. The molecule has 1 aromatic carbocycles. The van der Waals surface area contributed by atoms with Gasteiger partial charge in [-0.15, -0.1) is 0 Å². The van der Waals surface area contributed by atoms with E-state index in [1.165, 1.54) is 19.2 Å². The quantitative estimate of drug-likeness (QED) is 0.769. The van der Waals surface area contributed by atoms with Crippen LogP contribution in [0.3, 0.4) is 0 Å². The largest absolute Gasteiger partial charge is 0.486 e. The monoisotopic (exact) mass is 385 g/mol. The average Bonchev–Trinajstić information content (AvgIpc) is 2.67. The zero-order valence-corrected chi connectivity index (χ0v) is 15.5. The lowest BCUT2D eigenvalue weighted by molar-refractivity contribution is 0.0918. The van der Waals surface area contributed by atoms with Crippen molar-refractivity contribution in [3.63, 3.8) is 0 Å². The van der Waals surface area contributed by atoms with Gasteiger partial charge < -0.3 is 19.1 Å². The van der Waals surface area contributed by atoms with Crippen molar-refractivity contribution < 1.29 is 27.4 Å². The molecular weight excluding hydrogens is 362 g/mol. The highest BCUT2D eigenvalue weighted by atomic mass is 32.2. The number of benzene rings is 1. The minimum absolute atomic E-state index is 0.150. The number of nitrogens with one attached hydrogen (secondary N) is 1. The van der Waals surface area contributed by atoms with E-state index in [1.807, 2.05) is 0 Å². The number of methoxy groups -OCH3 is 1. The van der Waals surface area contributed by atoms with E-state index in [1.54, 1.807) is 11.0 Å². The molecule has 0 unspecified atom stereocenters. The molecule has 0 spiro atoms. The third-order valence-electron chi connectivity index (χ3n) is 4.35. The minimum Gasteiger partial charge on any atom is -0.486 e. The number of amides is 1. The summed E-state index contributed by atoms with van der Waals surface area (Å²) in [6.07, 6.45) is -0.330. The lowest BCUT2D eigenvalue weighted by atomic mass is 10.3. The number of fused-ring (bicyclic) bond motifs is 1. The molecule has 1 N–H and O–H groups in total. The van der Waals surface area contributed by atoms with Crippen molar-refractivity contribution in [2.45, 2.75) is 4.90 Å². The molecule has 2 heterocycles. The molecule has 144 valence electrons. The van der Waals surface area contributed by atoms with Crippen LogP contribution in [-0.2, 0) is 14.8 Å². The Labute approximate surface area is 152 Å². The van der Waals surface area contributed by atoms with E-state index in [-0.39, 0.29) is 17.5 Å². The number of carbonyl (C=O) groups is 1. The summed E-state index contributed by atoms with van der Waals surface area (Å²) in [5.41, 5.74) is 0. The zero-order valence-electron chi connectivity index (χ0n) is 14.6.